The minimum atomic E-state index is -0.402. The van der Waals surface area contributed by atoms with E-state index in [1.165, 1.54) is 29.2 Å². The molecule has 7 nitrogen and oxygen atoms in total. The maximum atomic E-state index is 13.1. The van der Waals surface area contributed by atoms with Crippen molar-refractivity contribution < 1.29 is 18.9 Å². The molecule has 4 rings (SSSR count). The standard InChI is InChI=1S/C18H17ClFN5O2/c19-15-5-6-16(22-21-15)24-9-7-23(8-10-24)14-11-17(26)25(18(14)27)13-3-1-12(20)2-4-13/h1-6,14H,7-11H2/p+1/t14-/m0/s1. The van der Waals surface area contributed by atoms with Crippen LogP contribution < -0.4 is 14.7 Å². The van der Waals surface area contributed by atoms with Gasteiger partial charge in [0.2, 0.25) is 5.91 Å². The van der Waals surface area contributed by atoms with E-state index >= 15 is 0 Å². The molecule has 2 saturated heterocycles. The molecule has 1 aromatic carbocycles. The third-order valence-corrected chi connectivity index (χ3v) is 5.27. The van der Waals surface area contributed by atoms with E-state index < -0.39 is 11.9 Å². The van der Waals surface area contributed by atoms with Crippen molar-refractivity contribution in [2.24, 2.45) is 0 Å². The summed E-state index contributed by atoms with van der Waals surface area (Å²) < 4.78 is 13.1. The molecule has 2 aromatic rings. The van der Waals surface area contributed by atoms with Gasteiger partial charge in [-0.05, 0) is 36.4 Å². The van der Waals surface area contributed by atoms with Gasteiger partial charge in [-0.3, -0.25) is 9.59 Å². The molecule has 2 aliphatic rings. The quantitative estimate of drug-likeness (QED) is 0.764. The second-order valence-electron chi connectivity index (χ2n) is 6.66. The summed E-state index contributed by atoms with van der Waals surface area (Å²) in [6.07, 6.45) is 0.173. The summed E-state index contributed by atoms with van der Waals surface area (Å²) in [5.74, 6) is -0.113. The first-order valence-corrected chi connectivity index (χ1v) is 9.12. The van der Waals surface area contributed by atoms with Crippen molar-refractivity contribution in [2.75, 3.05) is 36.0 Å². The van der Waals surface area contributed by atoms with Crippen molar-refractivity contribution in [1.29, 1.82) is 0 Å². The van der Waals surface area contributed by atoms with E-state index in [1.54, 1.807) is 6.07 Å². The summed E-state index contributed by atoms with van der Waals surface area (Å²) >= 11 is 5.77. The molecular formula is C18H18ClFN5O2+. The minimum Gasteiger partial charge on any atom is -0.344 e. The number of quaternary nitrogens is 1. The number of nitrogens with one attached hydrogen (secondary N) is 1. The first-order valence-electron chi connectivity index (χ1n) is 8.74. The summed E-state index contributed by atoms with van der Waals surface area (Å²) in [5, 5.41) is 8.29. The summed E-state index contributed by atoms with van der Waals surface area (Å²) in [6, 6.07) is 8.54. The Hall–Kier alpha value is -2.58. The molecule has 140 valence electrons. The van der Waals surface area contributed by atoms with Crippen LogP contribution in [-0.2, 0) is 9.59 Å². The molecule has 3 heterocycles. The molecular weight excluding hydrogens is 373 g/mol. The number of amides is 2. The van der Waals surface area contributed by atoms with Gasteiger partial charge in [-0.15, -0.1) is 10.2 Å². The van der Waals surface area contributed by atoms with E-state index in [-0.39, 0.29) is 18.2 Å². The Morgan fingerprint density at radius 1 is 1.04 bits per heavy atom. The Bertz CT molecular complexity index is 853. The maximum Gasteiger partial charge on any atom is 0.292 e. The SMILES string of the molecule is O=C1C[C@H]([NH+]2CCN(c3ccc(Cl)nn3)CC2)C(=O)N1c1ccc(F)cc1. The molecule has 0 aliphatic carbocycles. The monoisotopic (exact) mass is 390 g/mol. The zero-order valence-corrected chi connectivity index (χ0v) is 15.2. The minimum absolute atomic E-state index is 0.173. The van der Waals surface area contributed by atoms with Crippen LogP contribution in [0.5, 0.6) is 0 Å². The Morgan fingerprint density at radius 3 is 2.37 bits per heavy atom. The number of benzene rings is 1. The van der Waals surface area contributed by atoms with Crippen LogP contribution in [0.25, 0.3) is 0 Å². The number of carbonyl (C=O) groups is 2. The molecule has 0 saturated carbocycles. The lowest BCUT2D eigenvalue weighted by Gasteiger charge is -2.34. The van der Waals surface area contributed by atoms with Gasteiger partial charge in [-0.2, -0.15) is 0 Å². The van der Waals surface area contributed by atoms with Gasteiger partial charge >= 0.3 is 0 Å². The molecule has 2 aliphatic heterocycles. The molecule has 2 fully saturated rings. The molecule has 27 heavy (non-hydrogen) atoms. The zero-order valence-electron chi connectivity index (χ0n) is 14.4. The van der Waals surface area contributed by atoms with Crippen LogP contribution in [0.2, 0.25) is 5.15 Å². The second-order valence-corrected chi connectivity index (χ2v) is 7.05. The van der Waals surface area contributed by atoms with Gasteiger partial charge in [0.1, 0.15) is 5.82 Å². The van der Waals surface area contributed by atoms with Crippen molar-refractivity contribution >= 4 is 34.9 Å². The Labute approximate surface area is 160 Å². The normalized spacial score (nSPS) is 21.2. The van der Waals surface area contributed by atoms with E-state index in [0.29, 0.717) is 37.0 Å². The smallest absolute Gasteiger partial charge is 0.292 e. The van der Waals surface area contributed by atoms with E-state index in [9.17, 15) is 14.0 Å². The third kappa shape index (κ3) is 3.50. The topological polar surface area (TPSA) is 70.8 Å². The summed E-state index contributed by atoms with van der Waals surface area (Å²) in [4.78, 5) is 29.6. The lowest BCUT2D eigenvalue weighted by molar-refractivity contribution is -0.915. The molecule has 1 aromatic heterocycles. The van der Waals surface area contributed by atoms with Crippen molar-refractivity contribution in [3.8, 4) is 0 Å². The molecule has 2 amide bonds. The molecule has 0 bridgehead atoms. The second kappa shape index (κ2) is 7.21. The molecule has 1 N–H and O–H groups in total. The summed E-state index contributed by atoms with van der Waals surface area (Å²) in [5.41, 5.74) is 0.420. The van der Waals surface area contributed by atoms with Gasteiger partial charge in [0.25, 0.3) is 5.91 Å². The first-order chi connectivity index (χ1) is 13.0. The van der Waals surface area contributed by atoms with Gasteiger partial charge in [-0.1, -0.05) is 11.6 Å². The molecule has 0 radical (unpaired) electrons. The third-order valence-electron chi connectivity index (χ3n) is 5.07. The van der Waals surface area contributed by atoms with Crippen LogP contribution in [-0.4, -0.2) is 54.2 Å². The van der Waals surface area contributed by atoms with E-state index in [1.807, 2.05) is 6.07 Å². The zero-order chi connectivity index (χ0) is 19.0. The number of nitrogens with zero attached hydrogens (tertiary/aromatic N) is 4. The fourth-order valence-corrected chi connectivity index (χ4v) is 3.76. The molecule has 0 spiro atoms. The molecule has 9 heteroatoms. The Morgan fingerprint density at radius 2 is 1.74 bits per heavy atom. The fourth-order valence-electron chi connectivity index (χ4n) is 3.66. The number of imide groups is 1. The summed E-state index contributed by atoms with van der Waals surface area (Å²) in [6.45, 7) is 2.84. The number of halogens is 2. The number of anilines is 2. The molecule has 1 atom stereocenters. The van der Waals surface area contributed by atoms with Crippen molar-refractivity contribution in [3.63, 3.8) is 0 Å². The highest BCUT2D eigenvalue weighted by Crippen LogP contribution is 2.22. The van der Waals surface area contributed by atoms with Gasteiger partial charge in [0.05, 0.1) is 38.3 Å². The van der Waals surface area contributed by atoms with Crippen molar-refractivity contribution in [3.05, 3.63) is 47.4 Å². The maximum absolute atomic E-state index is 13.1. The highest BCUT2D eigenvalue weighted by atomic mass is 35.5. The van der Waals surface area contributed by atoms with E-state index in [0.717, 1.165) is 10.7 Å². The number of hydrogen-bond acceptors (Lipinski definition) is 5. The van der Waals surface area contributed by atoms with E-state index in [4.69, 9.17) is 11.6 Å². The van der Waals surface area contributed by atoms with Crippen LogP contribution >= 0.6 is 11.6 Å². The fraction of sp³-hybridized carbons (Fsp3) is 0.333. The van der Waals surface area contributed by atoms with Gasteiger partial charge < -0.3 is 9.80 Å². The van der Waals surface area contributed by atoms with Crippen molar-refractivity contribution in [1.82, 2.24) is 10.2 Å². The number of hydrogen-bond donors (Lipinski definition) is 1. The van der Waals surface area contributed by atoms with Crippen molar-refractivity contribution in [2.45, 2.75) is 12.5 Å². The van der Waals surface area contributed by atoms with Crippen LogP contribution in [0, 0.1) is 5.82 Å². The van der Waals surface area contributed by atoms with Crippen LogP contribution in [0.15, 0.2) is 36.4 Å². The average Bonchev–Trinajstić information content (AvgIpc) is 2.98. The molecule has 0 unspecified atom stereocenters. The van der Waals surface area contributed by atoms with Crippen LogP contribution in [0.4, 0.5) is 15.9 Å². The number of piperazine rings is 1. The number of aromatic nitrogens is 2. The number of rotatable bonds is 3. The van der Waals surface area contributed by atoms with Gasteiger partial charge in [0.15, 0.2) is 17.0 Å². The summed E-state index contributed by atoms with van der Waals surface area (Å²) in [7, 11) is 0. The largest absolute Gasteiger partial charge is 0.344 e. The van der Waals surface area contributed by atoms with Crippen LogP contribution in [0.3, 0.4) is 0 Å². The highest BCUT2D eigenvalue weighted by Gasteiger charge is 2.46. The van der Waals surface area contributed by atoms with E-state index in [2.05, 4.69) is 15.1 Å². The predicted molar refractivity (Wildman–Crippen MR) is 97.2 cm³/mol. The van der Waals surface area contributed by atoms with Gasteiger partial charge in [-0.25, -0.2) is 9.29 Å². The van der Waals surface area contributed by atoms with Gasteiger partial charge in [0, 0.05) is 0 Å². The predicted octanol–water partition coefficient (Wildman–Crippen LogP) is 0.306. The first kappa shape index (κ1) is 17.8. The lowest BCUT2D eigenvalue weighted by Crippen LogP contribution is -3.19. The average molecular weight is 391 g/mol. The Kier molecular flexibility index (Phi) is 4.75. The Balaban J connectivity index is 1.43. The lowest BCUT2D eigenvalue weighted by atomic mass is 10.1. The number of carbonyl (C=O) groups excluding carboxylic acids is 2. The van der Waals surface area contributed by atoms with Crippen LogP contribution in [0.1, 0.15) is 6.42 Å². The highest BCUT2D eigenvalue weighted by molar-refractivity contribution is 6.29.